The summed E-state index contributed by atoms with van der Waals surface area (Å²) in [7, 11) is -1.60. The molecule has 0 radical (unpaired) electrons. The van der Waals surface area contributed by atoms with E-state index in [0.717, 1.165) is 24.0 Å². The van der Waals surface area contributed by atoms with E-state index in [1.54, 1.807) is 16.4 Å². The topological polar surface area (TPSA) is 49.4 Å². The van der Waals surface area contributed by atoms with Gasteiger partial charge in [0, 0.05) is 24.7 Å². The summed E-state index contributed by atoms with van der Waals surface area (Å²) in [6, 6.07) is 17.2. The minimum Gasteiger partial charge on any atom is -0.316 e. The number of benzene rings is 2. The number of rotatable bonds is 4. The van der Waals surface area contributed by atoms with Gasteiger partial charge in [-0.1, -0.05) is 48.5 Å². The van der Waals surface area contributed by atoms with Crippen LogP contribution < -0.4 is 5.32 Å². The van der Waals surface area contributed by atoms with Gasteiger partial charge in [0.15, 0.2) is 0 Å². The molecule has 24 heavy (non-hydrogen) atoms. The van der Waals surface area contributed by atoms with Crippen molar-refractivity contribution < 1.29 is 8.42 Å². The van der Waals surface area contributed by atoms with Crippen molar-refractivity contribution in [3.8, 4) is 11.1 Å². The average molecular weight is 367 g/mol. The Hall–Kier alpha value is -1.40. The van der Waals surface area contributed by atoms with Crippen LogP contribution in [0.25, 0.3) is 11.1 Å². The molecule has 1 atom stereocenters. The molecule has 0 bridgehead atoms. The quantitative estimate of drug-likeness (QED) is 0.904. The van der Waals surface area contributed by atoms with Crippen molar-refractivity contribution in [1.82, 2.24) is 9.62 Å². The predicted molar refractivity (Wildman–Crippen MR) is 100.0 cm³/mol. The Morgan fingerprint density at radius 2 is 1.71 bits per heavy atom. The van der Waals surface area contributed by atoms with Gasteiger partial charge in [0.1, 0.15) is 0 Å². The summed E-state index contributed by atoms with van der Waals surface area (Å²) in [5.41, 5.74) is 1.69. The molecular formula is C18H23ClN2O2S. The molecule has 0 amide bonds. The van der Waals surface area contributed by atoms with Crippen molar-refractivity contribution in [3.05, 3.63) is 54.6 Å². The van der Waals surface area contributed by atoms with Gasteiger partial charge >= 0.3 is 0 Å². The van der Waals surface area contributed by atoms with E-state index in [9.17, 15) is 8.42 Å². The van der Waals surface area contributed by atoms with E-state index in [2.05, 4.69) is 5.32 Å². The second kappa shape index (κ2) is 8.12. The second-order valence-electron chi connectivity index (χ2n) is 5.85. The van der Waals surface area contributed by atoms with Crippen molar-refractivity contribution in [2.75, 3.05) is 20.1 Å². The molecule has 3 rings (SSSR count). The van der Waals surface area contributed by atoms with E-state index in [1.165, 1.54) is 0 Å². The number of halogens is 1. The third-order valence-electron chi connectivity index (χ3n) is 4.38. The highest BCUT2D eigenvalue weighted by molar-refractivity contribution is 7.89. The van der Waals surface area contributed by atoms with Gasteiger partial charge in [-0.15, -0.1) is 12.4 Å². The largest absolute Gasteiger partial charge is 0.316 e. The number of nitrogens with zero attached hydrogens (tertiary/aromatic N) is 1. The van der Waals surface area contributed by atoms with Crippen LogP contribution in [0.15, 0.2) is 59.5 Å². The third kappa shape index (κ3) is 3.81. The van der Waals surface area contributed by atoms with Gasteiger partial charge in [-0.3, -0.25) is 0 Å². The Bertz CT molecular complexity index is 766. The standard InChI is InChI=1S/C18H22N2O2S.ClH/c1-19-16-10-7-13-20(14-16)23(21,22)18-12-6-5-11-17(18)15-8-3-2-4-9-15;/h2-6,8-9,11-12,16,19H,7,10,13-14H2,1H3;1H. The molecule has 1 N–H and O–H groups in total. The van der Waals surface area contributed by atoms with Gasteiger partial charge < -0.3 is 5.32 Å². The molecular weight excluding hydrogens is 344 g/mol. The van der Waals surface area contributed by atoms with Crippen molar-refractivity contribution >= 4 is 22.4 Å². The van der Waals surface area contributed by atoms with Crippen LogP contribution in [0.5, 0.6) is 0 Å². The fraction of sp³-hybridized carbons (Fsp3) is 0.333. The van der Waals surface area contributed by atoms with E-state index < -0.39 is 10.0 Å². The van der Waals surface area contributed by atoms with Crippen LogP contribution in [0.3, 0.4) is 0 Å². The monoisotopic (exact) mass is 366 g/mol. The summed E-state index contributed by atoms with van der Waals surface area (Å²) < 4.78 is 27.9. The van der Waals surface area contributed by atoms with Crippen LogP contribution in [0.1, 0.15) is 12.8 Å². The van der Waals surface area contributed by atoms with Gasteiger partial charge in [-0.25, -0.2) is 8.42 Å². The Kier molecular flexibility index (Phi) is 6.40. The molecule has 1 unspecified atom stereocenters. The molecule has 0 aromatic heterocycles. The zero-order valence-corrected chi connectivity index (χ0v) is 15.3. The molecule has 1 fully saturated rings. The Morgan fingerprint density at radius 1 is 1.04 bits per heavy atom. The van der Waals surface area contributed by atoms with E-state index in [1.807, 2.05) is 49.5 Å². The molecule has 1 aliphatic heterocycles. The number of hydrogen-bond donors (Lipinski definition) is 1. The molecule has 4 nitrogen and oxygen atoms in total. The third-order valence-corrected chi connectivity index (χ3v) is 6.31. The van der Waals surface area contributed by atoms with Crippen LogP contribution >= 0.6 is 12.4 Å². The molecule has 1 heterocycles. The highest BCUT2D eigenvalue weighted by Gasteiger charge is 2.31. The summed E-state index contributed by atoms with van der Waals surface area (Å²) in [6.07, 6.45) is 1.90. The lowest BCUT2D eigenvalue weighted by molar-refractivity contribution is 0.293. The van der Waals surface area contributed by atoms with Gasteiger partial charge in [-0.05, 0) is 31.5 Å². The second-order valence-corrected chi connectivity index (χ2v) is 7.76. The zero-order chi connectivity index (χ0) is 16.3. The summed E-state index contributed by atoms with van der Waals surface area (Å²) in [5.74, 6) is 0. The highest BCUT2D eigenvalue weighted by Crippen LogP contribution is 2.30. The molecule has 1 saturated heterocycles. The number of likely N-dealkylation sites (N-methyl/N-ethyl adjacent to an activating group) is 1. The SMILES string of the molecule is CNC1CCCN(S(=O)(=O)c2ccccc2-c2ccccc2)C1.Cl. The fourth-order valence-electron chi connectivity index (χ4n) is 3.08. The molecule has 6 heteroatoms. The number of sulfonamides is 1. The van der Waals surface area contributed by atoms with E-state index in [0.29, 0.717) is 18.0 Å². The predicted octanol–water partition coefficient (Wildman–Crippen LogP) is 3.15. The Morgan fingerprint density at radius 3 is 2.42 bits per heavy atom. The summed E-state index contributed by atoms with van der Waals surface area (Å²) in [6.45, 7) is 1.12. The first kappa shape index (κ1) is 18.9. The first-order valence-corrected chi connectivity index (χ1v) is 9.39. The van der Waals surface area contributed by atoms with E-state index >= 15 is 0 Å². The lowest BCUT2D eigenvalue weighted by Gasteiger charge is -2.32. The zero-order valence-electron chi connectivity index (χ0n) is 13.7. The Labute approximate surface area is 150 Å². The van der Waals surface area contributed by atoms with Crippen LogP contribution in [0.2, 0.25) is 0 Å². The smallest absolute Gasteiger partial charge is 0.243 e. The number of hydrogen-bond acceptors (Lipinski definition) is 3. The maximum absolute atomic E-state index is 13.1. The van der Waals surface area contributed by atoms with Gasteiger partial charge in [0.05, 0.1) is 4.90 Å². The fourth-order valence-corrected chi connectivity index (χ4v) is 4.82. The Balaban J connectivity index is 0.00000208. The maximum atomic E-state index is 13.1. The summed E-state index contributed by atoms with van der Waals surface area (Å²) in [4.78, 5) is 0.392. The average Bonchev–Trinajstić information content (AvgIpc) is 2.62. The van der Waals surface area contributed by atoms with Gasteiger partial charge in [-0.2, -0.15) is 4.31 Å². The van der Waals surface area contributed by atoms with Crippen molar-refractivity contribution in [2.45, 2.75) is 23.8 Å². The van der Waals surface area contributed by atoms with Crippen molar-refractivity contribution in [3.63, 3.8) is 0 Å². The molecule has 2 aromatic carbocycles. The molecule has 0 spiro atoms. The minimum atomic E-state index is -3.49. The molecule has 130 valence electrons. The molecule has 2 aromatic rings. The number of nitrogens with one attached hydrogen (secondary N) is 1. The van der Waals surface area contributed by atoms with Crippen LogP contribution in [0, 0.1) is 0 Å². The molecule has 0 aliphatic carbocycles. The van der Waals surface area contributed by atoms with E-state index in [4.69, 9.17) is 0 Å². The molecule has 0 saturated carbocycles. The van der Waals surface area contributed by atoms with Gasteiger partial charge in [0.2, 0.25) is 10.0 Å². The van der Waals surface area contributed by atoms with Crippen molar-refractivity contribution in [1.29, 1.82) is 0 Å². The molecule has 1 aliphatic rings. The first-order valence-electron chi connectivity index (χ1n) is 7.95. The van der Waals surface area contributed by atoms with E-state index in [-0.39, 0.29) is 18.4 Å². The highest BCUT2D eigenvalue weighted by atomic mass is 35.5. The van der Waals surface area contributed by atoms with Crippen LogP contribution in [0.4, 0.5) is 0 Å². The van der Waals surface area contributed by atoms with Crippen molar-refractivity contribution in [2.24, 2.45) is 0 Å². The minimum absolute atomic E-state index is 0. The number of piperidine rings is 1. The van der Waals surface area contributed by atoms with Gasteiger partial charge in [0.25, 0.3) is 0 Å². The first-order chi connectivity index (χ1) is 11.1. The van der Waals surface area contributed by atoms with Crippen LogP contribution in [-0.2, 0) is 10.0 Å². The normalized spacial score (nSPS) is 18.8. The lowest BCUT2D eigenvalue weighted by atomic mass is 10.1. The maximum Gasteiger partial charge on any atom is 0.243 e. The summed E-state index contributed by atoms with van der Waals surface area (Å²) in [5, 5.41) is 3.20. The van der Waals surface area contributed by atoms with Crippen LogP contribution in [-0.4, -0.2) is 38.9 Å². The summed E-state index contributed by atoms with van der Waals surface area (Å²) >= 11 is 0. The lowest BCUT2D eigenvalue weighted by Crippen LogP contribution is -2.46.